The molecule has 0 aromatic heterocycles. The van der Waals surface area contributed by atoms with Crippen molar-refractivity contribution in [2.45, 2.75) is 50.3 Å². The molecule has 0 bridgehead atoms. The van der Waals surface area contributed by atoms with Crippen LogP contribution in [0.3, 0.4) is 0 Å². The van der Waals surface area contributed by atoms with Crippen molar-refractivity contribution in [2.24, 2.45) is 0 Å². The molecule has 10 heteroatoms. The number of carbonyl (C=O) groups excluding carboxylic acids is 2. The summed E-state index contributed by atoms with van der Waals surface area (Å²) in [5, 5.41) is 59.9. The number of cyclic esters (lactones) is 1. The van der Waals surface area contributed by atoms with Gasteiger partial charge in [-0.1, -0.05) is 17.7 Å². The third kappa shape index (κ3) is 4.62. The number of fused-ring (bicyclic) bond motifs is 1. The van der Waals surface area contributed by atoms with Crippen LogP contribution in [0.5, 0.6) is 11.5 Å². The Morgan fingerprint density at radius 3 is 2.29 bits per heavy atom. The average Bonchev–Trinajstić information content (AvgIpc) is 2.61. The number of phenolic OH excluding ortho intramolecular Hbond substituents is 2. The summed E-state index contributed by atoms with van der Waals surface area (Å²) in [6.45, 7) is 1.49. The lowest BCUT2D eigenvalue weighted by molar-refractivity contribution is -0.130. The summed E-state index contributed by atoms with van der Waals surface area (Å²) in [6.07, 6.45) is -6.39. The molecule has 154 valence electrons. The number of hydrogen-bond acceptors (Lipinski definition) is 9. The number of aromatic hydroxyl groups is 2. The lowest BCUT2D eigenvalue weighted by Gasteiger charge is -2.26. The van der Waals surface area contributed by atoms with Crippen LogP contribution < -0.4 is 0 Å². The monoisotopic (exact) mass is 416 g/mol. The summed E-state index contributed by atoms with van der Waals surface area (Å²) in [5.74, 6) is -3.31. The van der Waals surface area contributed by atoms with Crippen molar-refractivity contribution >= 4 is 23.4 Å². The Morgan fingerprint density at radius 1 is 1.04 bits per heavy atom. The van der Waals surface area contributed by atoms with E-state index < -0.39 is 76.3 Å². The fraction of sp³-hybridized carbons (Fsp3) is 0.444. The predicted molar refractivity (Wildman–Crippen MR) is 96.0 cm³/mol. The first kappa shape index (κ1) is 22.1. The second-order valence-electron chi connectivity index (χ2n) is 6.53. The zero-order chi connectivity index (χ0) is 21.2. The zero-order valence-corrected chi connectivity index (χ0v) is 15.6. The highest BCUT2D eigenvalue weighted by Crippen LogP contribution is 2.41. The van der Waals surface area contributed by atoms with Crippen LogP contribution in [0.15, 0.2) is 18.2 Å². The number of halogens is 1. The molecule has 9 nitrogen and oxygen atoms in total. The Morgan fingerprint density at radius 2 is 1.64 bits per heavy atom. The van der Waals surface area contributed by atoms with E-state index in [-0.39, 0.29) is 6.42 Å². The molecule has 1 aliphatic heterocycles. The molecule has 5 atom stereocenters. The molecule has 0 spiro atoms. The Hall–Kier alpha value is -2.17. The smallest absolute Gasteiger partial charge is 0.342 e. The SMILES string of the molecule is C[C@H]1C/C=C\C(=O)[C@@H](O)[C@@H](O)C[C@@H](O)[C@H](O)c2c(Cl)c(O)cc(O)c2C(=O)O1. The number of benzene rings is 1. The zero-order valence-electron chi connectivity index (χ0n) is 14.8. The first-order chi connectivity index (χ1) is 13.0. The van der Waals surface area contributed by atoms with Crippen LogP contribution in [-0.4, -0.2) is 66.8 Å². The van der Waals surface area contributed by atoms with Gasteiger partial charge in [-0.2, -0.15) is 0 Å². The van der Waals surface area contributed by atoms with Gasteiger partial charge in [-0.15, -0.1) is 0 Å². The number of esters is 1. The standard InChI is InChI=1S/C18H21ClO9/c1-7-3-2-4-8(20)16(25)11(23)6-12(24)17(26)14-13(18(27)28-7)9(21)5-10(22)15(14)19/h2,4-5,7,11-12,16-17,21-26H,3,6H2,1H3/b4-2-/t7-,11-,12+,16+,17-/m0/s1. The second-order valence-corrected chi connectivity index (χ2v) is 6.91. The number of hydrogen-bond donors (Lipinski definition) is 6. The lowest BCUT2D eigenvalue weighted by Crippen LogP contribution is -2.37. The first-order valence-electron chi connectivity index (χ1n) is 8.42. The van der Waals surface area contributed by atoms with Crippen LogP contribution >= 0.6 is 11.6 Å². The van der Waals surface area contributed by atoms with Crippen molar-refractivity contribution in [3.63, 3.8) is 0 Å². The molecule has 0 radical (unpaired) electrons. The number of aliphatic hydroxyl groups is 4. The van der Waals surface area contributed by atoms with Crippen molar-refractivity contribution < 1.29 is 45.0 Å². The minimum atomic E-state index is -1.96. The normalized spacial score (nSPS) is 30.9. The van der Waals surface area contributed by atoms with E-state index in [0.717, 1.165) is 12.1 Å². The van der Waals surface area contributed by atoms with E-state index in [0.29, 0.717) is 0 Å². The van der Waals surface area contributed by atoms with Crippen molar-refractivity contribution in [3.05, 3.63) is 34.4 Å². The van der Waals surface area contributed by atoms with Crippen LogP contribution in [0.4, 0.5) is 0 Å². The summed E-state index contributed by atoms with van der Waals surface area (Å²) < 4.78 is 5.16. The van der Waals surface area contributed by atoms with Gasteiger partial charge in [0.25, 0.3) is 0 Å². The van der Waals surface area contributed by atoms with Crippen LogP contribution in [0.1, 0.15) is 41.8 Å². The average molecular weight is 417 g/mol. The fourth-order valence-corrected chi connectivity index (χ4v) is 3.06. The summed E-state index contributed by atoms with van der Waals surface area (Å²) in [4.78, 5) is 24.4. The van der Waals surface area contributed by atoms with E-state index in [1.807, 2.05) is 0 Å². The molecule has 1 heterocycles. The van der Waals surface area contributed by atoms with E-state index in [9.17, 15) is 40.2 Å². The van der Waals surface area contributed by atoms with Crippen molar-refractivity contribution in [1.82, 2.24) is 0 Å². The number of ketones is 1. The van der Waals surface area contributed by atoms with Crippen molar-refractivity contribution in [2.75, 3.05) is 0 Å². The number of carbonyl (C=O) groups is 2. The molecule has 0 aliphatic carbocycles. The topological polar surface area (TPSA) is 165 Å². The molecule has 6 N–H and O–H groups in total. The second kappa shape index (κ2) is 8.89. The van der Waals surface area contributed by atoms with Crippen molar-refractivity contribution in [3.8, 4) is 11.5 Å². The van der Waals surface area contributed by atoms with Crippen molar-refractivity contribution in [1.29, 1.82) is 0 Å². The minimum Gasteiger partial charge on any atom is -0.507 e. The Bertz CT molecular complexity index is 792. The van der Waals surface area contributed by atoms with Crippen LogP contribution in [0, 0.1) is 0 Å². The number of phenols is 2. The first-order valence-corrected chi connectivity index (χ1v) is 8.80. The highest BCUT2D eigenvalue weighted by Gasteiger charge is 2.35. The number of aliphatic hydroxyl groups excluding tert-OH is 4. The number of ether oxygens (including phenoxy) is 1. The van der Waals surface area contributed by atoms with Gasteiger partial charge in [-0.3, -0.25) is 4.79 Å². The maximum Gasteiger partial charge on any atom is 0.342 e. The highest BCUT2D eigenvalue weighted by atomic mass is 35.5. The Balaban J connectivity index is 2.58. The van der Waals surface area contributed by atoms with Crippen LogP contribution in [-0.2, 0) is 9.53 Å². The van der Waals surface area contributed by atoms with E-state index >= 15 is 0 Å². The maximum atomic E-state index is 12.5. The Kier molecular flexibility index (Phi) is 7.02. The molecule has 1 aliphatic rings. The van der Waals surface area contributed by atoms with Gasteiger partial charge in [-0.25, -0.2) is 4.79 Å². The molecule has 1 aromatic rings. The molecule has 0 unspecified atom stereocenters. The van der Waals surface area contributed by atoms with E-state index in [1.165, 1.54) is 13.0 Å². The molecule has 2 rings (SSSR count). The van der Waals surface area contributed by atoms with Gasteiger partial charge in [-0.05, 0) is 13.0 Å². The molecular weight excluding hydrogens is 396 g/mol. The summed E-state index contributed by atoms with van der Waals surface area (Å²) in [5.41, 5.74) is -1.07. The molecule has 28 heavy (non-hydrogen) atoms. The van der Waals surface area contributed by atoms with Gasteiger partial charge < -0.3 is 35.4 Å². The quantitative estimate of drug-likeness (QED) is 0.327. The van der Waals surface area contributed by atoms with E-state index in [1.54, 1.807) is 0 Å². The summed E-state index contributed by atoms with van der Waals surface area (Å²) in [7, 11) is 0. The van der Waals surface area contributed by atoms with Gasteiger partial charge in [0.05, 0.1) is 17.2 Å². The number of rotatable bonds is 0. The van der Waals surface area contributed by atoms with E-state index in [4.69, 9.17) is 16.3 Å². The van der Waals surface area contributed by atoms with Crippen LogP contribution in [0.25, 0.3) is 0 Å². The molecule has 0 saturated heterocycles. The largest absolute Gasteiger partial charge is 0.507 e. The highest BCUT2D eigenvalue weighted by molar-refractivity contribution is 6.33. The minimum absolute atomic E-state index is 0.0768. The lowest BCUT2D eigenvalue weighted by atomic mass is 9.92. The van der Waals surface area contributed by atoms with Gasteiger partial charge in [0, 0.05) is 24.5 Å². The summed E-state index contributed by atoms with van der Waals surface area (Å²) in [6, 6.07) is 0.784. The van der Waals surface area contributed by atoms with Gasteiger partial charge in [0.15, 0.2) is 5.78 Å². The third-order valence-corrected chi connectivity index (χ3v) is 4.72. The third-order valence-electron chi connectivity index (χ3n) is 4.32. The molecule has 0 saturated carbocycles. The molecule has 0 amide bonds. The van der Waals surface area contributed by atoms with Gasteiger partial charge >= 0.3 is 5.97 Å². The van der Waals surface area contributed by atoms with Gasteiger partial charge in [0.2, 0.25) is 0 Å². The molecular formula is C18H21ClO9. The molecule has 1 aromatic carbocycles. The predicted octanol–water partition coefficient (Wildman–Crippen LogP) is 0.332. The molecule has 0 fully saturated rings. The van der Waals surface area contributed by atoms with Crippen LogP contribution in [0.2, 0.25) is 5.02 Å². The fourth-order valence-electron chi connectivity index (χ4n) is 2.79. The van der Waals surface area contributed by atoms with E-state index in [2.05, 4.69) is 0 Å². The Labute approximate surface area is 165 Å². The maximum absolute atomic E-state index is 12.5. The summed E-state index contributed by atoms with van der Waals surface area (Å²) >= 11 is 5.97. The van der Waals surface area contributed by atoms with Gasteiger partial charge in [0.1, 0.15) is 35.4 Å².